The quantitative estimate of drug-likeness (QED) is 0.677. The number of aliphatic carboxylic acids is 1. The van der Waals surface area contributed by atoms with Gasteiger partial charge in [-0.05, 0) is 12.1 Å². The fourth-order valence-electron chi connectivity index (χ4n) is 1.14. The smallest absolute Gasteiger partial charge is 0.253 e. The molecule has 0 bridgehead atoms. The van der Waals surface area contributed by atoms with Gasteiger partial charge >= 0.3 is 0 Å². The molecule has 2 N–H and O–H groups in total. The van der Waals surface area contributed by atoms with Gasteiger partial charge in [-0.3, -0.25) is 4.79 Å². The average molecular weight is 207 g/mol. The Balaban J connectivity index is 2.86. The number of carbonyl (C=O) groups is 2. The Morgan fingerprint density at radius 1 is 1.33 bits per heavy atom. The van der Waals surface area contributed by atoms with Gasteiger partial charge in [0.05, 0.1) is 18.1 Å². The van der Waals surface area contributed by atoms with Crippen LogP contribution in [0.4, 0.5) is 5.69 Å². The monoisotopic (exact) mass is 207 g/mol. The zero-order chi connectivity index (χ0) is 11.3. The fraction of sp³-hybridized carbons (Fsp3) is 0.200. The number of para-hydroxylation sites is 1. The standard InChI is InChI=1S/C10H12N2O3/c1-11-10(15)7-4-2-3-5-8(7)12-6-9(13)14/h2-5,12H,6H2,1H3,(H,11,15)(H,13,14)/p-1. The van der Waals surface area contributed by atoms with Gasteiger partial charge in [0.2, 0.25) is 0 Å². The summed E-state index contributed by atoms with van der Waals surface area (Å²) in [6, 6.07) is 6.66. The second kappa shape index (κ2) is 4.99. The maximum absolute atomic E-state index is 11.4. The maximum atomic E-state index is 11.4. The van der Waals surface area contributed by atoms with E-state index in [-0.39, 0.29) is 12.5 Å². The molecule has 0 saturated heterocycles. The van der Waals surface area contributed by atoms with Crippen LogP contribution in [-0.4, -0.2) is 25.5 Å². The van der Waals surface area contributed by atoms with Gasteiger partial charge in [-0.15, -0.1) is 0 Å². The third-order valence-electron chi connectivity index (χ3n) is 1.82. The van der Waals surface area contributed by atoms with E-state index in [0.717, 1.165) is 0 Å². The number of carbonyl (C=O) groups excluding carboxylic acids is 2. The summed E-state index contributed by atoms with van der Waals surface area (Å²) >= 11 is 0. The number of nitrogens with one attached hydrogen (secondary N) is 2. The predicted molar refractivity (Wildman–Crippen MR) is 53.3 cm³/mol. The van der Waals surface area contributed by atoms with E-state index in [0.29, 0.717) is 11.3 Å². The Morgan fingerprint density at radius 3 is 2.60 bits per heavy atom. The summed E-state index contributed by atoms with van der Waals surface area (Å²) in [4.78, 5) is 21.6. The molecule has 0 heterocycles. The number of carboxylic acids is 1. The van der Waals surface area contributed by atoms with Gasteiger partial charge in [0.25, 0.3) is 5.91 Å². The van der Waals surface area contributed by atoms with Crippen molar-refractivity contribution in [2.24, 2.45) is 0 Å². The lowest BCUT2D eigenvalue weighted by atomic mass is 10.1. The van der Waals surface area contributed by atoms with E-state index in [9.17, 15) is 14.7 Å². The number of benzene rings is 1. The summed E-state index contributed by atoms with van der Waals surface area (Å²) in [6.07, 6.45) is 0. The first kappa shape index (κ1) is 11.0. The summed E-state index contributed by atoms with van der Waals surface area (Å²) < 4.78 is 0. The fourth-order valence-corrected chi connectivity index (χ4v) is 1.14. The maximum Gasteiger partial charge on any atom is 0.253 e. The molecule has 1 rings (SSSR count). The van der Waals surface area contributed by atoms with Crippen LogP contribution in [0.3, 0.4) is 0 Å². The van der Waals surface area contributed by atoms with Crippen molar-refractivity contribution in [3.05, 3.63) is 29.8 Å². The first-order valence-electron chi connectivity index (χ1n) is 4.40. The number of anilines is 1. The van der Waals surface area contributed by atoms with E-state index in [1.54, 1.807) is 24.3 Å². The summed E-state index contributed by atoms with van der Waals surface area (Å²) in [6.45, 7) is -0.325. The van der Waals surface area contributed by atoms with E-state index in [4.69, 9.17) is 0 Å². The molecule has 0 saturated carbocycles. The van der Waals surface area contributed by atoms with Crippen LogP contribution in [0.5, 0.6) is 0 Å². The largest absolute Gasteiger partial charge is 0.548 e. The topological polar surface area (TPSA) is 81.3 Å². The molecule has 0 atom stereocenters. The van der Waals surface area contributed by atoms with Gasteiger partial charge < -0.3 is 20.5 Å². The molecule has 0 aromatic heterocycles. The molecule has 1 amide bonds. The van der Waals surface area contributed by atoms with Crippen LogP contribution in [0.2, 0.25) is 0 Å². The van der Waals surface area contributed by atoms with E-state index >= 15 is 0 Å². The molecule has 0 aliphatic heterocycles. The van der Waals surface area contributed by atoms with Crippen molar-refractivity contribution in [3.8, 4) is 0 Å². The molecule has 0 aliphatic carbocycles. The molecule has 0 radical (unpaired) electrons. The Labute approximate surface area is 87.1 Å². The van der Waals surface area contributed by atoms with Crippen molar-refractivity contribution in [1.82, 2.24) is 5.32 Å². The molecule has 1 aromatic rings. The molecule has 80 valence electrons. The second-order valence-corrected chi connectivity index (χ2v) is 2.85. The van der Waals surface area contributed by atoms with Gasteiger partial charge in [-0.1, -0.05) is 12.1 Å². The van der Waals surface area contributed by atoms with Crippen LogP contribution in [0.1, 0.15) is 10.4 Å². The highest BCUT2D eigenvalue weighted by Crippen LogP contribution is 2.13. The van der Waals surface area contributed by atoms with Crippen molar-refractivity contribution in [3.63, 3.8) is 0 Å². The van der Waals surface area contributed by atoms with E-state index in [2.05, 4.69) is 10.6 Å². The van der Waals surface area contributed by atoms with Crippen LogP contribution < -0.4 is 15.7 Å². The SMILES string of the molecule is CNC(=O)c1ccccc1NCC(=O)[O-]. The predicted octanol–water partition coefficient (Wildman–Crippen LogP) is -0.792. The molecule has 0 unspecified atom stereocenters. The molecule has 0 spiro atoms. The van der Waals surface area contributed by atoms with Crippen molar-refractivity contribution in [2.45, 2.75) is 0 Å². The molecular formula is C10H11N2O3-. The zero-order valence-corrected chi connectivity index (χ0v) is 8.24. The highest BCUT2D eigenvalue weighted by Gasteiger charge is 2.07. The normalized spacial score (nSPS) is 9.40. The molecule has 0 fully saturated rings. The number of rotatable bonds is 4. The molecular weight excluding hydrogens is 196 g/mol. The van der Waals surface area contributed by atoms with Crippen LogP contribution in [0.15, 0.2) is 24.3 Å². The van der Waals surface area contributed by atoms with Crippen LogP contribution in [-0.2, 0) is 4.79 Å². The number of amides is 1. The number of hydrogen-bond acceptors (Lipinski definition) is 4. The highest BCUT2D eigenvalue weighted by atomic mass is 16.4. The van der Waals surface area contributed by atoms with Crippen LogP contribution in [0.25, 0.3) is 0 Å². The van der Waals surface area contributed by atoms with Crippen molar-refractivity contribution in [2.75, 3.05) is 18.9 Å². The lowest BCUT2D eigenvalue weighted by Gasteiger charge is -2.11. The van der Waals surface area contributed by atoms with Crippen LogP contribution in [0, 0.1) is 0 Å². The minimum Gasteiger partial charge on any atom is -0.548 e. The Kier molecular flexibility index (Phi) is 3.68. The van der Waals surface area contributed by atoms with Crippen molar-refractivity contribution in [1.29, 1.82) is 0 Å². The van der Waals surface area contributed by atoms with Gasteiger partial charge in [0, 0.05) is 12.7 Å². The van der Waals surface area contributed by atoms with E-state index in [1.807, 2.05) is 0 Å². The lowest BCUT2D eigenvalue weighted by Crippen LogP contribution is -2.30. The minimum absolute atomic E-state index is 0.267. The summed E-state index contributed by atoms with van der Waals surface area (Å²) in [5, 5.41) is 15.3. The summed E-state index contributed by atoms with van der Waals surface area (Å²) in [5.41, 5.74) is 0.877. The van der Waals surface area contributed by atoms with Gasteiger partial charge in [-0.25, -0.2) is 0 Å². The second-order valence-electron chi connectivity index (χ2n) is 2.85. The Bertz CT molecular complexity index is 377. The average Bonchev–Trinajstić information content (AvgIpc) is 2.25. The lowest BCUT2D eigenvalue weighted by molar-refractivity contribution is -0.302. The van der Waals surface area contributed by atoms with E-state index < -0.39 is 5.97 Å². The van der Waals surface area contributed by atoms with E-state index in [1.165, 1.54) is 7.05 Å². The Hall–Kier alpha value is -2.04. The van der Waals surface area contributed by atoms with Gasteiger partial charge in [-0.2, -0.15) is 0 Å². The highest BCUT2D eigenvalue weighted by molar-refractivity contribution is 5.99. The minimum atomic E-state index is -1.22. The first-order chi connectivity index (χ1) is 7.15. The molecule has 0 aliphatic rings. The Morgan fingerprint density at radius 2 is 2.00 bits per heavy atom. The molecule has 5 heteroatoms. The third kappa shape index (κ3) is 2.98. The summed E-state index contributed by atoms with van der Waals surface area (Å²) in [5.74, 6) is -1.49. The molecule has 5 nitrogen and oxygen atoms in total. The van der Waals surface area contributed by atoms with Gasteiger partial charge in [0.1, 0.15) is 0 Å². The molecule has 15 heavy (non-hydrogen) atoms. The number of carboxylic acid groups (broad SMARTS) is 1. The van der Waals surface area contributed by atoms with Gasteiger partial charge in [0.15, 0.2) is 0 Å². The van der Waals surface area contributed by atoms with Crippen molar-refractivity contribution < 1.29 is 14.7 Å². The third-order valence-corrected chi connectivity index (χ3v) is 1.82. The summed E-state index contributed by atoms with van der Waals surface area (Å²) in [7, 11) is 1.51. The zero-order valence-electron chi connectivity index (χ0n) is 8.24. The van der Waals surface area contributed by atoms with Crippen molar-refractivity contribution >= 4 is 17.6 Å². The first-order valence-corrected chi connectivity index (χ1v) is 4.40. The van der Waals surface area contributed by atoms with Crippen LogP contribution >= 0.6 is 0 Å². The molecule has 1 aromatic carbocycles. The number of hydrogen-bond donors (Lipinski definition) is 2.